The van der Waals surface area contributed by atoms with Crippen molar-refractivity contribution >= 4 is 69.5 Å². The summed E-state index contributed by atoms with van der Waals surface area (Å²) in [6.45, 7) is 4.41. The molecule has 0 radical (unpaired) electrons. The van der Waals surface area contributed by atoms with Gasteiger partial charge in [0.2, 0.25) is 0 Å². The van der Waals surface area contributed by atoms with Gasteiger partial charge in [-0.05, 0) is 37.7 Å². The Balaban J connectivity index is 1.70. The summed E-state index contributed by atoms with van der Waals surface area (Å²) >= 11 is 9.15. The molecule has 0 unspecified atom stereocenters. The summed E-state index contributed by atoms with van der Waals surface area (Å²) in [5, 5.41) is 1.27. The Morgan fingerprint density at radius 1 is 1.25 bits per heavy atom. The minimum atomic E-state index is -3.32. The zero-order valence-corrected chi connectivity index (χ0v) is 20.5. The second kappa shape index (κ2) is 9.86. The quantitative estimate of drug-likeness (QED) is 0.287. The number of rotatable bonds is 9. The van der Waals surface area contributed by atoms with Gasteiger partial charge in [0.25, 0.3) is 0 Å². The van der Waals surface area contributed by atoms with Gasteiger partial charge in [-0.3, -0.25) is 9.13 Å². The van der Waals surface area contributed by atoms with Gasteiger partial charge in [0, 0.05) is 12.4 Å². The molecule has 2 N–H and O–H groups in total. The third-order valence-electron chi connectivity index (χ3n) is 4.25. The van der Waals surface area contributed by atoms with Crippen molar-refractivity contribution in [2.24, 2.45) is 0 Å². The van der Waals surface area contributed by atoms with Gasteiger partial charge in [0.05, 0.1) is 28.5 Å². The summed E-state index contributed by atoms with van der Waals surface area (Å²) in [5.74, 6) is 1.74. The number of fused-ring (bicyclic) bond motifs is 2. The first-order valence-corrected chi connectivity index (χ1v) is 13.3. The maximum absolute atomic E-state index is 12.7. The minimum absolute atomic E-state index is 0.278. The van der Waals surface area contributed by atoms with E-state index in [0.29, 0.717) is 27.9 Å². The molecule has 3 aromatic heterocycles. The fraction of sp³-hybridized carbons (Fsp3) is 0.263. The van der Waals surface area contributed by atoms with Crippen LogP contribution in [0.15, 0.2) is 45.9 Å². The van der Waals surface area contributed by atoms with Crippen LogP contribution in [0.25, 0.3) is 21.4 Å². The van der Waals surface area contributed by atoms with Crippen LogP contribution >= 0.6 is 42.3 Å². The highest BCUT2D eigenvalue weighted by Gasteiger charge is 2.20. The van der Waals surface area contributed by atoms with Crippen molar-refractivity contribution in [3.05, 3.63) is 41.4 Å². The summed E-state index contributed by atoms with van der Waals surface area (Å²) in [4.78, 5) is 17.6. The number of hydrogen-bond donors (Lipinski definition) is 1. The van der Waals surface area contributed by atoms with Crippen LogP contribution in [0.5, 0.6) is 0 Å². The van der Waals surface area contributed by atoms with Gasteiger partial charge in [-0.15, -0.1) is 11.3 Å². The molecule has 0 atom stereocenters. The number of benzene rings is 1. The number of thiazole rings is 1. The molecule has 168 valence electrons. The van der Waals surface area contributed by atoms with E-state index in [1.807, 2.05) is 22.8 Å². The van der Waals surface area contributed by atoms with Crippen LogP contribution in [0.1, 0.15) is 13.8 Å². The Morgan fingerprint density at radius 2 is 2.03 bits per heavy atom. The van der Waals surface area contributed by atoms with Gasteiger partial charge in [0.15, 0.2) is 26.5 Å². The van der Waals surface area contributed by atoms with E-state index in [4.69, 9.17) is 26.4 Å². The Morgan fingerprint density at radius 3 is 2.75 bits per heavy atom. The van der Waals surface area contributed by atoms with Gasteiger partial charge in [-0.25, -0.2) is 19.9 Å². The lowest BCUT2D eigenvalue weighted by Crippen LogP contribution is -2.00. The Bertz CT molecular complexity index is 1330. The van der Waals surface area contributed by atoms with Crippen molar-refractivity contribution in [3.8, 4) is 0 Å². The molecule has 4 aromatic rings. The van der Waals surface area contributed by atoms with Gasteiger partial charge in [-0.2, -0.15) is 0 Å². The zero-order chi connectivity index (χ0) is 22.7. The van der Waals surface area contributed by atoms with Crippen molar-refractivity contribution in [2.75, 3.05) is 18.9 Å². The lowest BCUT2D eigenvalue weighted by Gasteiger charge is -2.12. The SMILES string of the molecule is CCOP(=O)(C=CCn1c(Sc2nc3cccc(Cl)c3s2)nc2c(N)ncnc21)OCC. The number of halogens is 1. The number of nitrogens with zero attached hydrogens (tertiary/aromatic N) is 5. The smallest absolute Gasteiger partial charge is 0.353 e. The standard InChI is InChI=1S/C19H20ClN6O3PS2/c1-3-28-30(27,29-4-2)10-6-9-26-17-14(16(21)22-11-23-17)25-18(26)32-19-24-13-8-5-7-12(20)15(13)31-19/h5-8,10-11H,3-4,9H2,1-2H3,(H2,21,22,23). The molecule has 0 saturated carbocycles. The number of aromatic nitrogens is 5. The minimum Gasteiger partial charge on any atom is -0.382 e. The average Bonchev–Trinajstić information content (AvgIpc) is 3.32. The van der Waals surface area contributed by atoms with Crippen molar-refractivity contribution in [1.82, 2.24) is 24.5 Å². The van der Waals surface area contributed by atoms with Crippen molar-refractivity contribution in [3.63, 3.8) is 0 Å². The zero-order valence-electron chi connectivity index (χ0n) is 17.3. The predicted octanol–water partition coefficient (Wildman–Crippen LogP) is 5.60. The van der Waals surface area contributed by atoms with Crippen molar-refractivity contribution in [2.45, 2.75) is 29.9 Å². The Labute approximate surface area is 197 Å². The number of imidazole rings is 1. The van der Waals surface area contributed by atoms with Crippen LogP contribution in [0.3, 0.4) is 0 Å². The molecule has 32 heavy (non-hydrogen) atoms. The topological polar surface area (TPSA) is 118 Å². The van der Waals surface area contributed by atoms with Crippen molar-refractivity contribution in [1.29, 1.82) is 0 Å². The average molecular weight is 511 g/mol. The van der Waals surface area contributed by atoms with Crippen molar-refractivity contribution < 1.29 is 13.6 Å². The van der Waals surface area contributed by atoms with Crippen LogP contribution in [0.2, 0.25) is 5.02 Å². The fourth-order valence-electron chi connectivity index (χ4n) is 2.96. The maximum Gasteiger partial charge on any atom is 0.353 e. The highest BCUT2D eigenvalue weighted by atomic mass is 35.5. The van der Waals surface area contributed by atoms with E-state index in [2.05, 4.69) is 19.9 Å². The van der Waals surface area contributed by atoms with E-state index in [9.17, 15) is 4.57 Å². The molecule has 1 aromatic carbocycles. The van der Waals surface area contributed by atoms with E-state index in [1.165, 1.54) is 35.2 Å². The summed E-state index contributed by atoms with van der Waals surface area (Å²) in [7, 11) is -3.32. The number of hydrogen-bond acceptors (Lipinski definition) is 10. The summed E-state index contributed by atoms with van der Waals surface area (Å²) < 4.78 is 26.9. The number of anilines is 1. The lowest BCUT2D eigenvalue weighted by molar-refractivity contribution is 0.229. The molecule has 0 bridgehead atoms. The number of nitrogens with two attached hydrogens (primary N) is 1. The first kappa shape index (κ1) is 23.2. The number of nitrogen functional groups attached to an aromatic ring is 1. The van der Waals surface area contributed by atoms with Crippen LogP contribution < -0.4 is 5.73 Å². The van der Waals surface area contributed by atoms with E-state index in [-0.39, 0.29) is 19.0 Å². The molecule has 0 fully saturated rings. The molecule has 9 nitrogen and oxygen atoms in total. The third kappa shape index (κ3) is 4.83. The summed E-state index contributed by atoms with van der Waals surface area (Å²) in [6.07, 6.45) is 3.10. The number of allylic oxidation sites excluding steroid dienone is 1. The van der Waals surface area contributed by atoms with Gasteiger partial charge >= 0.3 is 7.60 Å². The first-order chi connectivity index (χ1) is 15.4. The highest BCUT2D eigenvalue weighted by molar-refractivity contribution is 8.01. The lowest BCUT2D eigenvalue weighted by atomic mass is 10.3. The molecule has 0 spiro atoms. The van der Waals surface area contributed by atoms with Gasteiger partial charge < -0.3 is 14.8 Å². The van der Waals surface area contributed by atoms with Crippen LogP contribution in [-0.4, -0.2) is 37.7 Å². The maximum atomic E-state index is 12.7. The molecule has 4 rings (SSSR count). The van der Waals surface area contributed by atoms with Crippen LogP contribution in [-0.2, 0) is 20.2 Å². The molecule has 0 saturated heterocycles. The normalized spacial score (nSPS) is 12.5. The molecule has 13 heteroatoms. The highest BCUT2D eigenvalue weighted by Crippen LogP contribution is 2.49. The summed E-state index contributed by atoms with van der Waals surface area (Å²) in [5.41, 5.74) is 7.89. The van der Waals surface area contributed by atoms with E-state index in [1.54, 1.807) is 19.9 Å². The second-order valence-corrected chi connectivity index (χ2v) is 10.9. The molecule has 0 aliphatic heterocycles. The first-order valence-electron chi connectivity index (χ1n) is 9.70. The molecular weight excluding hydrogens is 491 g/mol. The van der Waals surface area contributed by atoms with Crippen LogP contribution in [0, 0.1) is 0 Å². The molecular formula is C19H20ClN6O3PS2. The Kier molecular flexibility index (Phi) is 7.14. The fourth-order valence-corrected chi connectivity index (χ4v) is 6.61. The second-order valence-electron chi connectivity index (χ2n) is 6.37. The monoisotopic (exact) mass is 510 g/mol. The van der Waals surface area contributed by atoms with Crippen LogP contribution in [0.4, 0.5) is 5.82 Å². The molecule has 0 aliphatic rings. The predicted molar refractivity (Wildman–Crippen MR) is 128 cm³/mol. The van der Waals surface area contributed by atoms with E-state index in [0.717, 1.165) is 14.6 Å². The molecule has 0 amide bonds. The Hall–Kier alpha value is -2.01. The van der Waals surface area contributed by atoms with E-state index < -0.39 is 7.60 Å². The molecule has 0 aliphatic carbocycles. The third-order valence-corrected chi connectivity index (χ3v) is 8.64. The summed E-state index contributed by atoms with van der Waals surface area (Å²) in [6, 6.07) is 5.61. The van der Waals surface area contributed by atoms with Gasteiger partial charge in [-0.1, -0.05) is 23.7 Å². The largest absolute Gasteiger partial charge is 0.382 e. The van der Waals surface area contributed by atoms with E-state index >= 15 is 0 Å². The van der Waals surface area contributed by atoms with Gasteiger partial charge in [0.1, 0.15) is 6.33 Å². The molecule has 3 heterocycles.